The maximum Gasteiger partial charge on any atom is 0.293 e. The van der Waals surface area contributed by atoms with Gasteiger partial charge in [0, 0.05) is 35.8 Å². The van der Waals surface area contributed by atoms with Crippen LogP contribution in [0.1, 0.15) is 16.7 Å². The average Bonchev–Trinajstić information content (AvgIpc) is 3.38. The van der Waals surface area contributed by atoms with E-state index in [9.17, 15) is 14.4 Å². The zero-order valence-corrected chi connectivity index (χ0v) is 20.4. The SMILES string of the molecule is O=C(Cn1cc(C=C2SC(=O)N(CCc3ccccc3)C2=O)c2ccccc21)NCc1ccccc1. The van der Waals surface area contributed by atoms with Gasteiger partial charge in [-0.05, 0) is 41.5 Å². The van der Waals surface area contributed by atoms with E-state index in [2.05, 4.69) is 5.32 Å². The Bertz CT molecular complexity index is 1440. The number of amides is 3. The molecule has 1 aromatic heterocycles. The van der Waals surface area contributed by atoms with Crippen LogP contribution >= 0.6 is 11.8 Å². The van der Waals surface area contributed by atoms with Gasteiger partial charge in [-0.2, -0.15) is 0 Å². The highest BCUT2D eigenvalue weighted by Crippen LogP contribution is 2.34. The Balaban J connectivity index is 1.32. The molecule has 5 rings (SSSR count). The molecule has 3 amide bonds. The number of benzene rings is 3. The first-order valence-corrected chi connectivity index (χ1v) is 12.6. The lowest BCUT2D eigenvalue weighted by atomic mass is 10.1. The van der Waals surface area contributed by atoms with Crippen LogP contribution in [0.15, 0.2) is 96.0 Å². The van der Waals surface area contributed by atoms with E-state index in [-0.39, 0.29) is 23.6 Å². The van der Waals surface area contributed by atoms with Gasteiger partial charge in [0.25, 0.3) is 11.1 Å². The standard InChI is InChI=1S/C29H25N3O3S/c33-27(30-18-22-11-5-2-6-12-22)20-31-19-23(24-13-7-8-14-25(24)31)17-26-28(34)32(29(35)36-26)16-15-21-9-3-1-4-10-21/h1-14,17,19H,15-16,18,20H2,(H,30,33). The quantitative estimate of drug-likeness (QED) is 0.340. The molecule has 0 radical (unpaired) electrons. The minimum atomic E-state index is -0.279. The van der Waals surface area contributed by atoms with Crippen LogP contribution in [0.2, 0.25) is 0 Å². The fourth-order valence-corrected chi connectivity index (χ4v) is 5.10. The van der Waals surface area contributed by atoms with Gasteiger partial charge in [0.05, 0.1) is 4.91 Å². The molecule has 180 valence electrons. The van der Waals surface area contributed by atoms with E-state index in [1.54, 1.807) is 6.08 Å². The normalized spacial score (nSPS) is 14.7. The minimum Gasteiger partial charge on any atom is -0.350 e. The second kappa shape index (κ2) is 10.7. The van der Waals surface area contributed by atoms with E-state index in [0.717, 1.165) is 39.4 Å². The Labute approximate surface area is 213 Å². The van der Waals surface area contributed by atoms with E-state index < -0.39 is 0 Å². The molecule has 1 saturated heterocycles. The van der Waals surface area contributed by atoms with Crippen molar-refractivity contribution in [3.05, 3.63) is 113 Å². The fourth-order valence-electron chi connectivity index (χ4n) is 4.25. The van der Waals surface area contributed by atoms with Crippen molar-refractivity contribution in [1.82, 2.24) is 14.8 Å². The van der Waals surface area contributed by atoms with Crippen molar-refractivity contribution < 1.29 is 14.4 Å². The highest BCUT2D eigenvalue weighted by atomic mass is 32.2. The number of imide groups is 1. The fraction of sp³-hybridized carbons (Fsp3) is 0.138. The second-order valence-electron chi connectivity index (χ2n) is 8.56. The highest BCUT2D eigenvalue weighted by Gasteiger charge is 2.34. The lowest BCUT2D eigenvalue weighted by molar-refractivity contribution is -0.123. The van der Waals surface area contributed by atoms with Crippen LogP contribution < -0.4 is 5.32 Å². The molecule has 0 saturated carbocycles. The summed E-state index contributed by atoms with van der Waals surface area (Å²) in [5, 5.41) is 3.62. The molecule has 1 fully saturated rings. The number of carbonyl (C=O) groups excluding carboxylic acids is 3. The van der Waals surface area contributed by atoms with Crippen molar-refractivity contribution in [2.24, 2.45) is 0 Å². The van der Waals surface area contributed by atoms with Crippen molar-refractivity contribution >= 4 is 45.8 Å². The minimum absolute atomic E-state index is 0.104. The zero-order chi connectivity index (χ0) is 24.9. The van der Waals surface area contributed by atoms with Gasteiger partial charge in [-0.1, -0.05) is 78.9 Å². The van der Waals surface area contributed by atoms with Crippen molar-refractivity contribution in [2.45, 2.75) is 19.5 Å². The van der Waals surface area contributed by atoms with Crippen LogP contribution in [0.25, 0.3) is 17.0 Å². The van der Waals surface area contributed by atoms with Crippen LogP contribution in [-0.2, 0) is 29.1 Å². The van der Waals surface area contributed by atoms with Crippen molar-refractivity contribution in [3.8, 4) is 0 Å². The summed E-state index contributed by atoms with van der Waals surface area (Å²) in [4.78, 5) is 40.0. The number of thioether (sulfide) groups is 1. The zero-order valence-electron chi connectivity index (χ0n) is 19.6. The van der Waals surface area contributed by atoms with Gasteiger partial charge < -0.3 is 9.88 Å². The van der Waals surface area contributed by atoms with Crippen molar-refractivity contribution in [3.63, 3.8) is 0 Å². The number of carbonyl (C=O) groups is 3. The molecule has 3 aromatic carbocycles. The lowest BCUT2D eigenvalue weighted by Crippen LogP contribution is -2.30. The number of hydrogen-bond donors (Lipinski definition) is 1. The Hall–Kier alpha value is -4.10. The molecule has 0 bridgehead atoms. The molecule has 0 atom stereocenters. The number of nitrogens with zero attached hydrogens (tertiary/aromatic N) is 2. The first-order chi connectivity index (χ1) is 17.6. The number of hydrogen-bond acceptors (Lipinski definition) is 4. The van der Waals surface area contributed by atoms with Crippen LogP contribution in [0, 0.1) is 0 Å². The van der Waals surface area contributed by atoms with E-state index >= 15 is 0 Å². The van der Waals surface area contributed by atoms with Crippen LogP contribution in [-0.4, -0.2) is 33.1 Å². The smallest absolute Gasteiger partial charge is 0.293 e. The van der Waals surface area contributed by atoms with Gasteiger partial charge in [-0.3, -0.25) is 19.3 Å². The average molecular weight is 496 g/mol. The molecule has 2 heterocycles. The maximum absolute atomic E-state index is 13.0. The third-order valence-electron chi connectivity index (χ3n) is 6.09. The van der Waals surface area contributed by atoms with Gasteiger partial charge in [0.15, 0.2) is 0 Å². The molecule has 0 spiro atoms. The van der Waals surface area contributed by atoms with Gasteiger partial charge in [-0.25, -0.2) is 0 Å². The van der Waals surface area contributed by atoms with E-state index in [4.69, 9.17) is 0 Å². The Kier molecular flexibility index (Phi) is 7.00. The summed E-state index contributed by atoms with van der Waals surface area (Å²) in [6.45, 7) is 0.955. The Morgan fingerprint density at radius 1 is 0.861 bits per heavy atom. The van der Waals surface area contributed by atoms with Crippen LogP contribution in [0.4, 0.5) is 4.79 Å². The third-order valence-corrected chi connectivity index (χ3v) is 7.00. The summed E-state index contributed by atoms with van der Waals surface area (Å²) in [5.41, 5.74) is 3.80. The van der Waals surface area contributed by atoms with Gasteiger partial charge in [0.2, 0.25) is 5.91 Å². The highest BCUT2D eigenvalue weighted by molar-refractivity contribution is 8.18. The monoisotopic (exact) mass is 495 g/mol. The first kappa shape index (κ1) is 23.6. The molecule has 1 aliphatic rings. The van der Waals surface area contributed by atoms with E-state index in [0.29, 0.717) is 24.4 Å². The van der Waals surface area contributed by atoms with Crippen molar-refractivity contribution in [2.75, 3.05) is 6.54 Å². The summed E-state index contributed by atoms with van der Waals surface area (Å²) in [7, 11) is 0. The topological polar surface area (TPSA) is 71.4 Å². The third kappa shape index (κ3) is 5.26. The summed E-state index contributed by atoms with van der Waals surface area (Å²) in [6, 6.07) is 27.3. The number of fused-ring (bicyclic) bond motifs is 1. The van der Waals surface area contributed by atoms with Gasteiger partial charge in [-0.15, -0.1) is 0 Å². The second-order valence-corrected chi connectivity index (χ2v) is 9.55. The molecule has 0 unspecified atom stereocenters. The lowest BCUT2D eigenvalue weighted by Gasteiger charge is -2.12. The molecule has 1 N–H and O–H groups in total. The van der Waals surface area contributed by atoms with Crippen LogP contribution in [0.3, 0.4) is 0 Å². The molecule has 6 nitrogen and oxygen atoms in total. The Morgan fingerprint density at radius 3 is 2.28 bits per heavy atom. The summed E-state index contributed by atoms with van der Waals surface area (Å²) < 4.78 is 1.88. The van der Waals surface area contributed by atoms with Crippen molar-refractivity contribution in [1.29, 1.82) is 0 Å². The molecule has 36 heavy (non-hydrogen) atoms. The number of aromatic nitrogens is 1. The molecule has 0 aliphatic carbocycles. The van der Waals surface area contributed by atoms with E-state index in [1.165, 1.54) is 4.90 Å². The molecular formula is C29H25N3O3S. The Morgan fingerprint density at radius 2 is 1.53 bits per heavy atom. The van der Waals surface area contributed by atoms with E-state index in [1.807, 2.05) is 95.7 Å². The molecule has 4 aromatic rings. The predicted octanol–water partition coefficient (Wildman–Crippen LogP) is 5.24. The molecule has 1 aliphatic heterocycles. The first-order valence-electron chi connectivity index (χ1n) is 11.8. The number of nitrogens with one attached hydrogen (secondary N) is 1. The largest absolute Gasteiger partial charge is 0.350 e. The number of para-hydroxylation sites is 1. The predicted molar refractivity (Wildman–Crippen MR) is 143 cm³/mol. The number of rotatable bonds is 8. The molecular weight excluding hydrogens is 470 g/mol. The molecule has 7 heteroatoms. The van der Waals surface area contributed by atoms with Gasteiger partial charge in [0.1, 0.15) is 6.54 Å². The summed E-state index contributed by atoms with van der Waals surface area (Å²) in [5.74, 6) is -0.384. The summed E-state index contributed by atoms with van der Waals surface area (Å²) >= 11 is 0.959. The van der Waals surface area contributed by atoms with Crippen LogP contribution in [0.5, 0.6) is 0 Å². The van der Waals surface area contributed by atoms with Gasteiger partial charge >= 0.3 is 0 Å². The summed E-state index contributed by atoms with van der Waals surface area (Å²) in [6.07, 6.45) is 4.24. The maximum atomic E-state index is 13.0.